The third-order valence-electron chi connectivity index (χ3n) is 7.13. The summed E-state index contributed by atoms with van der Waals surface area (Å²) in [5.74, 6) is 0.172. The number of imidazole rings is 1. The fraction of sp³-hybridized carbons (Fsp3) is 0.524. The topological polar surface area (TPSA) is 67.6 Å². The molecule has 2 aromatic rings. The van der Waals surface area contributed by atoms with Gasteiger partial charge in [-0.05, 0) is 31.2 Å². The highest BCUT2D eigenvalue weighted by Gasteiger charge is 2.53. The van der Waals surface area contributed by atoms with Crippen LogP contribution >= 0.6 is 0 Å². The second-order valence-electron chi connectivity index (χ2n) is 8.19. The zero-order valence-corrected chi connectivity index (χ0v) is 15.5. The number of methoxy groups -OCH3 is 1. The van der Waals surface area contributed by atoms with Crippen LogP contribution in [0, 0.1) is 11.3 Å². The summed E-state index contributed by atoms with van der Waals surface area (Å²) in [7, 11) is 1.42. The minimum Gasteiger partial charge on any atom is -0.453 e. The molecule has 1 aromatic carbocycles. The first-order valence-electron chi connectivity index (χ1n) is 9.77. The summed E-state index contributed by atoms with van der Waals surface area (Å²) < 4.78 is 7.09. The van der Waals surface area contributed by atoms with Gasteiger partial charge >= 0.3 is 6.09 Å². The summed E-state index contributed by atoms with van der Waals surface area (Å²) in [5, 5.41) is 11.4. The maximum absolute atomic E-state index is 11.8. The van der Waals surface area contributed by atoms with Crippen molar-refractivity contribution in [1.29, 1.82) is 0 Å². The Hall–Kier alpha value is -2.34. The minimum atomic E-state index is -0.372. The number of carbonyl (C=O) groups excluding carboxylic acids is 1. The molecule has 1 saturated carbocycles. The van der Waals surface area contributed by atoms with Crippen molar-refractivity contribution in [2.24, 2.45) is 11.3 Å². The van der Waals surface area contributed by atoms with E-state index in [1.807, 2.05) is 12.5 Å². The molecule has 1 aliphatic carbocycles. The zero-order chi connectivity index (χ0) is 18.6. The number of hydrogen-bond donors (Lipinski definition) is 1. The predicted molar refractivity (Wildman–Crippen MR) is 100 cm³/mol. The highest BCUT2D eigenvalue weighted by atomic mass is 16.5. The third-order valence-corrected chi connectivity index (χ3v) is 7.13. The minimum absolute atomic E-state index is 0.0898. The maximum atomic E-state index is 11.8. The quantitative estimate of drug-likeness (QED) is 0.841. The summed E-state index contributed by atoms with van der Waals surface area (Å²) >= 11 is 0. The van der Waals surface area contributed by atoms with Crippen molar-refractivity contribution >= 4 is 6.09 Å². The molecule has 1 aromatic heterocycles. The van der Waals surface area contributed by atoms with Gasteiger partial charge in [-0.3, -0.25) is 0 Å². The Bertz CT molecular complexity index is 869. The molecule has 142 valence electrons. The van der Waals surface area contributed by atoms with Gasteiger partial charge in [0.15, 0.2) is 0 Å². The average molecular weight is 367 g/mol. The van der Waals surface area contributed by atoms with E-state index in [2.05, 4.69) is 33.8 Å². The number of ether oxygens (including phenoxy) is 1. The summed E-state index contributed by atoms with van der Waals surface area (Å²) in [6.07, 6.45) is 6.87. The molecule has 2 fully saturated rings. The lowest BCUT2D eigenvalue weighted by atomic mass is 9.73. The van der Waals surface area contributed by atoms with Gasteiger partial charge in [-0.25, -0.2) is 9.78 Å². The zero-order valence-electron chi connectivity index (χ0n) is 15.5. The molecule has 0 unspecified atom stereocenters. The van der Waals surface area contributed by atoms with Crippen LogP contribution in [0.2, 0.25) is 0 Å². The highest BCUT2D eigenvalue weighted by Crippen LogP contribution is 2.55. The van der Waals surface area contributed by atoms with Crippen LogP contribution in [0.25, 0.3) is 11.3 Å². The van der Waals surface area contributed by atoms with E-state index in [0.29, 0.717) is 13.1 Å². The summed E-state index contributed by atoms with van der Waals surface area (Å²) in [5.41, 5.74) is 3.58. The molecule has 0 radical (unpaired) electrons. The molecule has 6 heteroatoms. The second-order valence-corrected chi connectivity index (χ2v) is 8.19. The van der Waals surface area contributed by atoms with Crippen LogP contribution in [-0.2, 0) is 4.74 Å². The number of piperidine rings is 1. The number of aromatic nitrogens is 2. The number of fused-ring (bicyclic) bond motifs is 3. The fourth-order valence-corrected chi connectivity index (χ4v) is 5.66. The first-order chi connectivity index (χ1) is 13.1. The molecule has 3 atom stereocenters. The maximum Gasteiger partial charge on any atom is 0.409 e. The standard InChI is InChI=1S/C21H25N3O3/c1-27-20(26)23-10-8-21(9-11-23)7-6-16(19(21)25)18-15-5-3-2-4-14(15)17-12-22-13-24(17)18/h2-5,12-13,16,18-19,25H,6-11H2,1H3/t16-,18+,19+/m1/s1. The molecule has 27 heavy (non-hydrogen) atoms. The molecule has 1 saturated heterocycles. The molecule has 3 heterocycles. The lowest BCUT2D eigenvalue weighted by Crippen LogP contribution is -2.47. The molecule has 0 bridgehead atoms. The lowest BCUT2D eigenvalue weighted by Gasteiger charge is -2.42. The van der Waals surface area contributed by atoms with Gasteiger partial charge in [0, 0.05) is 30.0 Å². The van der Waals surface area contributed by atoms with Crippen LogP contribution in [0.1, 0.15) is 37.3 Å². The van der Waals surface area contributed by atoms with Gasteiger partial charge in [-0.1, -0.05) is 24.3 Å². The number of hydrogen-bond acceptors (Lipinski definition) is 4. The summed E-state index contributed by atoms with van der Waals surface area (Å²) in [6.45, 7) is 1.32. The SMILES string of the molecule is COC(=O)N1CCC2(CC[C@H]([C@@H]3c4ccccc4-c4cncn43)[C@@H]2O)CC1. The fourth-order valence-electron chi connectivity index (χ4n) is 5.66. The Morgan fingerprint density at radius 1 is 1.26 bits per heavy atom. The largest absolute Gasteiger partial charge is 0.453 e. The van der Waals surface area contributed by atoms with Crippen molar-refractivity contribution in [2.75, 3.05) is 20.2 Å². The van der Waals surface area contributed by atoms with Crippen molar-refractivity contribution in [1.82, 2.24) is 14.5 Å². The highest BCUT2D eigenvalue weighted by molar-refractivity contribution is 5.69. The van der Waals surface area contributed by atoms with Gasteiger partial charge in [0.05, 0.1) is 37.5 Å². The first-order valence-corrected chi connectivity index (χ1v) is 9.77. The molecule has 3 aliphatic rings. The first kappa shape index (κ1) is 16.8. The molecule has 1 amide bonds. The van der Waals surface area contributed by atoms with Crippen LogP contribution in [0.3, 0.4) is 0 Å². The number of aliphatic hydroxyl groups excluding tert-OH is 1. The van der Waals surface area contributed by atoms with Gasteiger partial charge in [0.1, 0.15) is 0 Å². The van der Waals surface area contributed by atoms with Crippen molar-refractivity contribution in [3.63, 3.8) is 0 Å². The van der Waals surface area contributed by atoms with Gasteiger partial charge in [0.2, 0.25) is 0 Å². The number of rotatable bonds is 1. The molecular weight excluding hydrogens is 342 g/mol. The van der Waals surface area contributed by atoms with E-state index in [9.17, 15) is 9.90 Å². The van der Waals surface area contributed by atoms with E-state index in [0.717, 1.165) is 31.4 Å². The van der Waals surface area contributed by atoms with Crippen LogP contribution < -0.4 is 0 Å². The second kappa shape index (κ2) is 6.09. The Morgan fingerprint density at radius 2 is 2.04 bits per heavy atom. The monoisotopic (exact) mass is 367 g/mol. The number of carbonyl (C=O) groups is 1. The lowest BCUT2D eigenvalue weighted by molar-refractivity contribution is -0.0239. The van der Waals surface area contributed by atoms with Crippen LogP contribution in [0.15, 0.2) is 36.8 Å². The number of amides is 1. The normalized spacial score (nSPS) is 28.2. The van der Waals surface area contributed by atoms with Crippen LogP contribution in [0.4, 0.5) is 4.79 Å². The molecule has 5 rings (SSSR count). The van der Waals surface area contributed by atoms with Crippen LogP contribution in [-0.4, -0.2) is 52.0 Å². The van der Waals surface area contributed by atoms with E-state index in [4.69, 9.17) is 4.74 Å². The molecule has 6 nitrogen and oxygen atoms in total. The van der Waals surface area contributed by atoms with Gasteiger partial charge < -0.3 is 19.3 Å². The smallest absolute Gasteiger partial charge is 0.409 e. The van der Waals surface area contributed by atoms with Gasteiger partial charge in [-0.2, -0.15) is 0 Å². The number of aliphatic hydroxyl groups is 1. The van der Waals surface area contributed by atoms with Crippen molar-refractivity contribution < 1.29 is 14.6 Å². The third kappa shape index (κ3) is 2.35. The number of nitrogens with zero attached hydrogens (tertiary/aromatic N) is 3. The summed E-state index contributed by atoms with van der Waals surface area (Å²) in [4.78, 5) is 17.9. The molecular formula is C21H25N3O3. The van der Waals surface area contributed by atoms with Gasteiger partial charge in [-0.15, -0.1) is 0 Å². The molecule has 1 spiro atoms. The van der Waals surface area contributed by atoms with Crippen molar-refractivity contribution in [2.45, 2.75) is 37.8 Å². The Labute approximate surface area is 158 Å². The predicted octanol–water partition coefficient (Wildman–Crippen LogP) is 3.07. The molecule has 1 N–H and O–H groups in total. The number of benzene rings is 1. The molecule has 2 aliphatic heterocycles. The van der Waals surface area contributed by atoms with E-state index in [1.165, 1.54) is 18.2 Å². The van der Waals surface area contributed by atoms with E-state index in [1.54, 1.807) is 4.90 Å². The summed E-state index contributed by atoms with van der Waals surface area (Å²) in [6, 6.07) is 8.62. The van der Waals surface area contributed by atoms with Crippen LogP contribution in [0.5, 0.6) is 0 Å². The van der Waals surface area contributed by atoms with Crippen molar-refractivity contribution in [3.8, 4) is 11.3 Å². The van der Waals surface area contributed by atoms with E-state index < -0.39 is 0 Å². The number of likely N-dealkylation sites (tertiary alicyclic amines) is 1. The average Bonchev–Trinajstić information content (AvgIpc) is 3.37. The van der Waals surface area contributed by atoms with Crippen molar-refractivity contribution in [3.05, 3.63) is 42.4 Å². The Morgan fingerprint density at radius 3 is 2.81 bits per heavy atom. The Balaban J connectivity index is 1.42. The van der Waals surface area contributed by atoms with Gasteiger partial charge in [0.25, 0.3) is 0 Å². The Kier molecular flexibility index (Phi) is 3.79. The van der Waals surface area contributed by atoms with E-state index >= 15 is 0 Å². The van der Waals surface area contributed by atoms with E-state index in [-0.39, 0.29) is 29.6 Å².